The van der Waals surface area contributed by atoms with Crippen molar-refractivity contribution in [1.82, 2.24) is 24.5 Å². The number of nitrogens with one attached hydrogen (secondary N) is 1. The number of hydrogen-bond donors (Lipinski definition) is 1. The second-order valence-corrected chi connectivity index (χ2v) is 6.75. The lowest BCUT2D eigenvalue weighted by Crippen LogP contribution is -2.11. The minimum Gasteiger partial charge on any atom is -0.381 e. The third kappa shape index (κ3) is 2.92. The number of fused-ring (bicyclic) bond motifs is 1. The first-order chi connectivity index (χ1) is 12.1. The Hall–Kier alpha value is -2.63. The Bertz CT molecular complexity index is 888. The Balaban J connectivity index is 1.50. The molecule has 0 saturated heterocycles. The van der Waals surface area contributed by atoms with Crippen LogP contribution >= 0.6 is 0 Å². The van der Waals surface area contributed by atoms with Gasteiger partial charge in [-0.1, -0.05) is 0 Å². The first-order valence-electron chi connectivity index (χ1n) is 8.89. The molecule has 0 radical (unpaired) electrons. The second kappa shape index (κ2) is 6.35. The van der Waals surface area contributed by atoms with Crippen molar-refractivity contribution in [2.75, 3.05) is 5.32 Å². The van der Waals surface area contributed by atoms with Crippen molar-refractivity contribution in [2.24, 2.45) is 7.05 Å². The molecular weight excluding hydrogens is 312 g/mol. The molecule has 1 aliphatic rings. The summed E-state index contributed by atoms with van der Waals surface area (Å²) in [6, 6.07) is 8.47. The van der Waals surface area contributed by atoms with Gasteiger partial charge < -0.3 is 9.88 Å². The van der Waals surface area contributed by atoms with Gasteiger partial charge in [-0.2, -0.15) is 5.10 Å². The van der Waals surface area contributed by atoms with Gasteiger partial charge in [-0.15, -0.1) is 10.2 Å². The summed E-state index contributed by atoms with van der Waals surface area (Å²) in [5, 5.41) is 16.7. The molecule has 0 fully saturated rings. The maximum Gasteiger partial charge on any atom is 0.163 e. The largest absolute Gasteiger partial charge is 0.381 e. The monoisotopic (exact) mass is 336 g/mol. The predicted molar refractivity (Wildman–Crippen MR) is 98.4 cm³/mol. The maximum absolute atomic E-state index is 4.47. The zero-order chi connectivity index (χ0) is 17.4. The molecule has 4 rings (SSSR count). The average molecular weight is 336 g/mol. The van der Waals surface area contributed by atoms with Crippen LogP contribution in [0.25, 0.3) is 11.4 Å². The molecule has 0 saturated carbocycles. The fourth-order valence-electron chi connectivity index (χ4n) is 3.52. The molecule has 2 aromatic heterocycles. The van der Waals surface area contributed by atoms with Gasteiger partial charge in [-0.3, -0.25) is 4.68 Å². The molecule has 3 aromatic rings. The second-order valence-electron chi connectivity index (χ2n) is 6.75. The third-order valence-corrected chi connectivity index (χ3v) is 5.13. The van der Waals surface area contributed by atoms with Crippen LogP contribution in [0.4, 0.5) is 5.69 Å². The van der Waals surface area contributed by atoms with Gasteiger partial charge in [-0.05, 0) is 51.0 Å². The zero-order valence-corrected chi connectivity index (χ0v) is 15.1. The van der Waals surface area contributed by atoms with E-state index in [1.165, 1.54) is 24.1 Å². The molecule has 0 amide bonds. The Morgan fingerprint density at radius 3 is 2.60 bits per heavy atom. The van der Waals surface area contributed by atoms with Gasteiger partial charge in [0, 0.05) is 49.1 Å². The van der Waals surface area contributed by atoms with Crippen LogP contribution in [0.15, 0.2) is 24.3 Å². The quantitative estimate of drug-likeness (QED) is 0.794. The van der Waals surface area contributed by atoms with Crippen molar-refractivity contribution in [1.29, 1.82) is 0 Å². The van der Waals surface area contributed by atoms with Crippen molar-refractivity contribution in [2.45, 2.75) is 46.2 Å². The molecule has 0 bridgehead atoms. The van der Waals surface area contributed by atoms with Crippen molar-refractivity contribution in [3.05, 3.63) is 47.0 Å². The van der Waals surface area contributed by atoms with Crippen LogP contribution in [0.3, 0.4) is 0 Å². The number of aryl methyl sites for hydroxylation is 3. The molecule has 0 atom stereocenters. The highest BCUT2D eigenvalue weighted by Crippen LogP contribution is 2.24. The van der Waals surface area contributed by atoms with Gasteiger partial charge in [0.2, 0.25) is 0 Å². The molecule has 0 spiro atoms. The van der Waals surface area contributed by atoms with E-state index in [2.05, 4.69) is 63.3 Å². The number of benzene rings is 1. The van der Waals surface area contributed by atoms with Gasteiger partial charge in [0.15, 0.2) is 5.82 Å². The number of rotatable bonds is 4. The van der Waals surface area contributed by atoms with Crippen LogP contribution in [-0.2, 0) is 26.6 Å². The molecular formula is C19H24N6. The third-order valence-electron chi connectivity index (χ3n) is 5.13. The van der Waals surface area contributed by atoms with Crippen LogP contribution in [0.2, 0.25) is 0 Å². The van der Waals surface area contributed by atoms with E-state index < -0.39 is 0 Å². The molecule has 1 N–H and O–H groups in total. The average Bonchev–Trinajstić information content (AvgIpc) is 3.15. The Morgan fingerprint density at radius 1 is 1.08 bits per heavy atom. The van der Waals surface area contributed by atoms with Gasteiger partial charge in [0.05, 0.1) is 5.69 Å². The van der Waals surface area contributed by atoms with E-state index in [4.69, 9.17) is 0 Å². The van der Waals surface area contributed by atoms with Crippen LogP contribution in [0, 0.1) is 13.8 Å². The molecule has 25 heavy (non-hydrogen) atoms. The lowest BCUT2D eigenvalue weighted by Gasteiger charge is -2.15. The number of nitrogens with zero attached hydrogens (tertiary/aromatic N) is 5. The fourth-order valence-corrected chi connectivity index (χ4v) is 3.52. The molecule has 0 unspecified atom stereocenters. The van der Waals surface area contributed by atoms with Gasteiger partial charge >= 0.3 is 0 Å². The predicted octanol–water partition coefficient (Wildman–Crippen LogP) is 3.24. The van der Waals surface area contributed by atoms with E-state index in [-0.39, 0.29) is 0 Å². The molecule has 6 heteroatoms. The summed E-state index contributed by atoms with van der Waals surface area (Å²) in [6.45, 7) is 5.97. The summed E-state index contributed by atoms with van der Waals surface area (Å²) in [5.74, 6) is 2.10. The summed E-state index contributed by atoms with van der Waals surface area (Å²) < 4.78 is 4.19. The Labute approximate surface area is 147 Å². The fraction of sp³-hybridized carbons (Fsp3) is 0.421. The van der Waals surface area contributed by atoms with Gasteiger partial charge in [0.1, 0.15) is 5.82 Å². The minimum absolute atomic E-state index is 0.783. The van der Waals surface area contributed by atoms with E-state index in [9.17, 15) is 0 Å². The molecule has 3 heterocycles. The Kier molecular flexibility index (Phi) is 4.03. The number of hydrogen-bond acceptors (Lipinski definition) is 4. The van der Waals surface area contributed by atoms with Crippen LogP contribution in [0.1, 0.15) is 35.6 Å². The molecule has 1 aromatic carbocycles. The normalized spacial score (nSPS) is 13.7. The van der Waals surface area contributed by atoms with Crippen LogP contribution < -0.4 is 5.32 Å². The zero-order valence-electron chi connectivity index (χ0n) is 15.1. The summed E-state index contributed by atoms with van der Waals surface area (Å²) in [5.41, 5.74) is 5.78. The first kappa shape index (κ1) is 15.9. The number of aromatic nitrogens is 5. The van der Waals surface area contributed by atoms with Crippen molar-refractivity contribution in [3.63, 3.8) is 0 Å². The smallest absolute Gasteiger partial charge is 0.163 e. The molecule has 0 aliphatic carbocycles. The Morgan fingerprint density at radius 2 is 1.88 bits per heavy atom. The highest BCUT2D eigenvalue weighted by Gasteiger charge is 2.16. The van der Waals surface area contributed by atoms with E-state index in [1.807, 2.05) is 11.7 Å². The standard InChI is InChI=1S/C19H24N6/c1-13-17(14(2)24(3)23-13)12-20-16-9-7-15(8-10-16)19-22-21-18-6-4-5-11-25(18)19/h7-10,20H,4-6,11-12H2,1-3H3. The minimum atomic E-state index is 0.783. The van der Waals surface area contributed by atoms with E-state index in [1.54, 1.807) is 0 Å². The number of anilines is 1. The van der Waals surface area contributed by atoms with E-state index >= 15 is 0 Å². The first-order valence-corrected chi connectivity index (χ1v) is 8.89. The lowest BCUT2D eigenvalue weighted by atomic mass is 10.1. The van der Waals surface area contributed by atoms with Crippen molar-refractivity contribution in [3.8, 4) is 11.4 Å². The molecule has 130 valence electrons. The summed E-state index contributed by atoms with van der Waals surface area (Å²) in [4.78, 5) is 0. The topological polar surface area (TPSA) is 60.6 Å². The van der Waals surface area contributed by atoms with Gasteiger partial charge in [-0.25, -0.2) is 0 Å². The summed E-state index contributed by atoms with van der Waals surface area (Å²) in [7, 11) is 1.99. The van der Waals surface area contributed by atoms with E-state index in [0.29, 0.717) is 0 Å². The lowest BCUT2D eigenvalue weighted by molar-refractivity contribution is 0.526. The van der Waals surface area contributed by atoms with Crippen molar-refractivity contribution >= 4 is 5.69 Å². The summed E-state index contributed by atoms with van der Waals surface area (Å²) in [6.07, 6.45) is 3.46. The van der Waals surface area contributed by atoms with Crippen LogP contribution in [-0.4, -0.2) is 24.5 Å². The summed E-state index contributed by atoms with van der Waals surface area (Å²) >= 11 is 0. The highest BCUT2D eigenvalue weighted by atomic mass is 15.3. The molecule has 1 aliphatic heterocycles. The SMILES string of the molecule is Cc1nn(C)c(C)c1CNc1ccc(-c2nnc3n2CCCC3)cc1. The van der Waals surface area contributed by atoms with E-state index in [0.717, 1.165) is 48.1 Å². The molecule has 6 nitrogen and oxygen atoms in total. The van der Waals surface area contributed by atoms with Crippen molar-refractivity contribution < 1.29 is 0 Å². The maximum atomic E-state index is 4.47. The van der Waals surface area contributed by atoms with Crippen LogP contribution in [0.5, 0.6) is 0 Å². The van der Waals surface area contributed by atoms with Gasteiger partial charge in [0.25, 0.3) is 0 Å². The highest BCUT2D eigenvalue weighted by molar-refractivity contribution is 5.60.